The summed E-state index contributed by atoms with van der Waals surface area (Å²) in [6, 6.07) is 20.0. The monoisotopic (exact) mass is 365 g/mol. The molecule has 0 aromatic heterocycles. The number of rotatable bonds is 8. The van der Waals surface area contributed by atoms with Crippen molar-refractivity contribution in [3.05, 3.63) is 71.8 Å². The van der Waals surface area contributed by atoms with E-state index in [-0.39, 0.29) is 29.8 Å². The summed E-state index contributed by atoms with van der Waals surface area (Å²) in [6.07, 6.45) is 2.00. The Morgan fingerprint density at radius 3 is 1.96 bits per heavy atom. The Morgan fingerprint density at radius 2 is 1.52 bits per heavy atom. The summed E-state index contributed by atoms with van der Waals surface area (Å²) in [4.78, 5) is 27.6. The van der Waals surface area contributed by atoms with Gasteiger partial charge in [0.05, 0.1) is 18.4 Å². The van der Waals surface area contributed by atoms with Crippen LogP contribution in [0.2, 0.25) is 0 Å². The number of benzene rings is 2. The second-order valence-corrected chi connectivity index (χ2v) is 7.13. The number of amides is 1. The van der Waals surface area contributed by atoms with Gasteiger partial charge in [0.2, 0.25) is 5.91 Å². The largest absolute Gasteiger partial charge is 0.466 e. The van der Waals surface area contributed by atoms with Crippen LogP contribution in [0.4, 0.5) is 0 Å². The van der Waals surface area contributed by atoms with E-state index in [1.807, 2.05) is 72.5 Å². The maximum Gasteiger partial charge on any atom is 0.310 e. The van der Waals surface area contributed by atoms with Crippen molar-refractivity contribution >= 4 is 11.9 Å². The molecule has 0 heterocycles. The van der Waals surface area contributed by atoms with Gasteiger partial charge in [-0.05, 0) is 30.9 Å². The average molecular weight is 365 g/mol. The predicted molar refractivity (Wildman–Crippen MR) is 105 cm³/mol. The van der Waals surface area contributed by atoms with Crippen molar-refractivity contribution in [3.63, 3.8) is 0 Å². The van der Waals surface area contributed by atoms with Crippen LogP contribution < -0.4 is 0 Å². The van der Waals surface area contributed by atoms with E-state index in [0.29, 0.717) is 13.2 Å². The molecule has 1 unspecified atom stereocenters. The SMILES string of the molecule is CCOC(=O)C(C)CN(C(=O)C(c1ccccc1)c1ccccc1)C1CC1. The van der Waals surface area contributed by atoms with E-state index in [4.69, 9.17) is 4.74 Å². The van der Waals surface area contributed by atoms with Gasteiger partial charge in [0, 0.05) is 12.6 Å². The van der Waals surface area contributed by atoms with Crippen molar-refractivity contribution in [2.45, 2.75) is 38.6 Å². The molecule has 0 N–H and O–H groups in total. The molecular weight excluding hydrogens is 338 g/mol. The zero-order valence-corrected chi connectivity index (χ0v) is 16.0. The molecule has 0 spiro atoms. The third kappa shape index (κ3) is 4.76. The third-order valence-corrected chi connectivity index (χ3v) is 4.94. The van der Waals surface area contributed by atoms with Gasteiger partial charge >= 0.3 is 5.97 Å². The van der Waals surface area contributed by atoms with Crippen LogP contribution in [0.15, 0.2) is 60.7 Å². The summed E-state index contributed by atoms with van der Waals surface area (Å²) in [7, 11) is 0. The zero-order chi connectivity index (χ0) is 19.2. The highest BCUT2D eigenvalue weighted by Crippen LogP contribution is 2.34. The lowest BCUT2D eigenvalue weighted by atomic mass is 9.89. The molecule has 1 fully saturated rings. The number of nitrogens with zero attached hydrogens (tertiary/aromatic N) is 1. The standard InChI is InChI=1S/C23H27NO3/c1-3-27-23(26)17(2)16-24(20-14-15-20)22(25)21(18-10-6-4-7-11-18)19-12-8-5-9-13-19/h4-13,17,20-21H,3,14-16H2,1-2H3. The highest BCUT2D eigenvalue weighted by atomic mass is 16.5. The third-order valence-electron chi connectivity index (χ3n) is 4.94. The van der Waals surface area contributed by atoms with Gasteiger partial charge in [-0.3, -0.25) is 9.59 Å². The Kier molecular flexibility index (Phi) is 6.28. The minimum atomic E-state index is -0.359. The molecule has 2 aromatic carbocycles. The van der Waals surface area contributed by atoms with Crippen LogP contribution in [0.1, 0.15) is 43.7 Å². The van der Waals surface area contributed by atoms with Crippen molar-refractivity contribution in [3.8, 4) is 0 Å². The predicted octanol–water partition coefficient (Wildman–Crippen LogP) is 4.01. The van der Waals surface area contributed by atoms with Crippen LogP contribution in [0.25, 0.3) is 0 Å². The van der Waals surface area contributed by atoms with E-state index in [9.17, 15) is 9.59 Å². The molecule has 0 radical (unpaired) electrons. The van der Waals surface area contributed by atoms with Gasteiger partial charge in [0.1, 0.15) is 0 Å². The topological polar surface area (TPSA) is 46.6 Å². The Balaban J connectivity index is 1.88. The van der Waals surface area contributed by atoms with E-state index in [1.54, 1.807) is 6.92 Å². The van der Waals surface area contributed by atoms with Gasteiger partial charge < -0.3 is 9.64 Å². The molecule has 2 aromatic rings. The lowest BCUT2D eigenvalue weighted by molar-refractivity contribution is -0.149. The fourth-order valence-electron chi connectivity index (χ4n) is 3.39. The van der Waals surface area contributed by atoms with Gasteiger partial charge in [0.15, 0.2) is 0 Å². The van der Waals surface area contributed by atoms with Crippen molar-refractivity contribution in [1.29, 1.82) is 0 Å². The van der Waals surface area contributed by atoms with Gasteiger partial charge in [-0.1, -0.05) is 67.6 Å². The first-order valence-corrected chi connectivity index (χ1v) is 9.68. The van der Waals surface area contributed by atoms with Crippen LogP contribution in [-0.4, -0.2) is 36.0 Å². The lowest BCUT2D eigenvalue weighted by Crippen LogP contribution is -2.41. The second kappa shape index (κ2) is 8.85. The van der Waals surface area contributed by atoms with E-state index < -0.39 is 0 Å². The van der Waals surface area contributed by atoms with Crippen molar-refractivity contribution in [2.75, 3.05) is 13.2 Å². The van der Waals surface area contributed by atoms with Gasteiger partial charge in [-0.15, -0.1) is 0 Å². The molecule has 1 saturated carbocycles. The Bertz CT molecular complexity index is 716. The molecule has 3 rings (SSSR count). The van der Waals surface area contributed by atoms with Crippen LogP contribution >= 0.6 is 0 Å². The van der Waals surface area contributed by atoms with Gasteiger partial charge in [-0.25, -0.2) is 0 Å². The van der Waals surface area contributed by atoms with Crippen LogP contribution in [0.3, 0.4) is 0 Å². The van der Waals surface area contributed by atoms with E-state index in [0.717, 1.165) is 24.0 Å². The molecule has 1 amide bonds. The Hall–Kier alpha value is -2.62. The maximum absolute atomic E-state index is 13.6. The molecule has 0 bridgehead atoms. The summed E-state index contributed by atoms with van der Waals surface area (Å²) in [5.74, 6) is -0.873. The molecular formula is C23H27NO3. The minimum Gasteiger partial charge on any atom is -0.466 e. The first-order valence-electron chi connectivity index (χ1n) is 9.68. The first-order chi connectivity index (χ1) is 13.1. The van der Waals surface area contributed by atoms with Gasteiger partial charge in [-0.2, -0.15) is 0 Å². The first kappa shape index (κ1) is 19.2. The summed E-state index contributed by atoms with van der Waals surface area (Å²) in [5, 5.41) is 0. The summed E-state index contributed by atoms with van der Waals surface area (Å²) >= 11 is 0. The molecule has 1 aliphatic carbocycles. The quantitative estimate of drug-likeness (QED) is 0.664. The maximum atomic E-state index is 13.6. The fraction of sp³-hybridized carbons (Fsp3) is 0.391. The highest BCUT2D eigenvalue weighted by molar-refractivity contribution is 5.88. The van der Waals surface area contributed by atoms with Crippen molar-refractivity contribution in [2.24, 2.45) is 5.92 Å². The van der Waals surface area contributed by atoms with Crippen molar-refractivity contribution in [1.82, 2.24) is 4.90 Å². The van der Waals surface area contributed by atoms with E-state index >= 15 is 0 Å². The summed E-state index contributed by atoms with van der Waals surface area (Å²) < 4.78 is 5.14. The number of ether oxygens (including phenoxy) is 1. The smallest absolute Gasteiger partial charge is 0.310 e. The molecule has 1 atom stereocenters. The Labute approximate surface area is 161 Å². The minimum absolute atomic E-state index is 0.0612. The molecule has 4 nitrogen and oxygen atoms in total. The van der Waals surface area contributed by atoms with Crippen molar-refractivity contribution < 1.29 is 14.3 Å². The van der Waals surface area contributed by atoms with E-state index in [1.165, 1.54) is 0 Å². The van der Waals surface area contributed by atoms with Crippen LogP contribution in [0, 0.1) is 5.92 Å². The molecule has 4 heteroatoms. The summed E-state index contributed by atoms with van der Waals surface area (Å²) in [6.45, 7) is 4.39. The molecule has 1 aliphatic rings. The number of carbonyl (C=O) groups excluding carboxylic acids is 2. The molecule has 0 aliphatic heterocycles. The second-order valence-electron chi connectivity index (χ2n) is 7.13. The zero-order valence-electron chi connectivity index (χ0n) is 16.0. The van der Waals surface area contributed by atoms with Crippen LogP contribution in [0.5, 0.6) is 0 Å². The molecule has 142 valence electrons. The summed E-state index contributed by atoms with van der Waals surface area (Å²) in [5.41, 5.74) is 1.95. The van der Waals surface area contributed by atoms with Crippen LogP contribution in [-0.2, 0) is 14.3 Å². The van der Waals surface area contributed by atoms with Gasteiger partial charge in [0.25, 0.3) is 0 Å². The normalized spacial score (nSPS) is 14.6. The molecule has 27 heavy (non-hydrogen) atoms. The fourth-order valence-corrected chi connectivity index (χ4v) is 3.39. The number of hydrogen-bond donors (Lipinski definition) is 0. The molecule has 0 saturated heterocycles. The highest BCUT2D eigenvalue weighted by Gasteiger charge is 2.38. The lowest BCUT2D eigenvalue weighted by Gasteiger charge is -2.30. The number of esters is 1. The Morgan fingerprint density at radius 1 is 1.00 bits per heavy atom. The average Bonchev–Trinajstić information content (AvgIpc) is 3.53. The number of hydrogen-bond acceptors (Lipinski definition) is 3. The number of carbonyl (C=O) groups is 2. The van der Waals surface area contributed by atoms with E-state index in [2.05, 4.69) is 0 Å².